The van der Waals surface area contributed by atoms with Gasteiger partial charge in [0.15, 0.2) is 0 Å². The molecule has 0 spiro atoms. The van der Waals surface area contributed by atoms with Crippen molar-refractivity contribution in [2.24, 2.45) is 0 Å². The average molecular weight is 285 g/mol. The number of hydrogen-bond acceptors (Lipinski definition) is 4. The molecular formula is C17H19NO3. The molecule has 0 fully saturated rings. The molecule has 4 heteroatoms. The van der Waals surface area contributed by atoms with Crippen LogP contribution in [0.5, 0.6) is 5.75 Å². The van der Waals surface area contributed by atoms with Gasteiger partial charge in [0.25, 0.3) is 0 Å². The lowest BCUT2D eigenvalue weighted by Crippen LogP contribution is -2.06. The van der Waals surface area contributed by atoms with Crippen molar-refractivity contribution < 1.29 is 14.3 Å². The highest BCUT2D eigenvalue weighted by Crippen LogP contribution is 2.14. The Morgan fingerprint density at radius 3 is 2.57 bits per heavy atom. The molecule has 110 valence electrons. The SMILES string of the molecule is COc1cccc(COC(=O)CCc2ccc(N)cc2)c1. The van der Waals surface area contributed by atoms with E-state index in [0.717, 1.165) is 22.6 Å². The van der Waals surface area contributed by atoms with E-state index in [-0.39, 0.29) is 12.6 Å². The van der Waals surface area contributed by atoms with Crippen LogP contribution in [0, 0.1) is 0 Å². The van der Waals surface area contributed by atoms with Gasteiger partial charge in [-0.3, -0.25) is 4.79 Å². The zero-order chi connectivity index (χ0) is 15.1. The number of rotatable bonds is 6. The van der Waals surface area contributed by atoms with Crippen LogP contribution < -0.4 is 10.5 Å². The van der Waals surface area contributed by atoms with Gasteiger partial charge in [0.1, 0.15) is 12.4 Å². The minimum Gasteiger partial charge on any atom is -0.497 e. The Labute approximate surface area is 124 Å². The van der Waals surface area contributed by atoms with Crippen LogP contribution in [-0.4, -0.2) is 13.1 Å². The van der Waals surface area contributed by atoms with Gasteiger partial charge in [-0.25, -0.2) is 0 Å². The van der Waals surface area contributed by atoms with Gasteiger partial charge in [-0.15, -0.1) is 0 Å². The molecule has 0 unspecified atom stereocenters. The largest absolute Gasteiger partial charge is 0.497 e. The van der Waals surface area contributed by atoms with Crippen molar-refractivity contribution >= 4 is 11.7 Å². The average Bonchev–Trinajstić information content (AvgIpc) is 2.52. The molecule has 0 atom stereocenters. The van der Waals surface area contributed by atoms with Gasteiger partial charge in [-0.1, -0.05) is 24.3 Å². The predicted molar refractivity (Wildman–Crippen MR) is 82.0 cm³/mol. The minimum atomic E-state index is -0.213. The minimum absolute atomic E-state index is 0.213. The van der Waals surface area contributed by atoms with Crippen molar-refractivity contribution in [3.05, 3.63) is 59.7 Å². The summed E-state index contributed by atoms with van der Waals surface area (Å²) in [6.45, 7) is 0.262. The third kappa shape index (κ3) is 4.84. The molecule has 2 aromatic rings. The predicted octanol–water partition coefficient (Wildman–Crippen LogP) is 2.95. The normalized spacial score (nSPS) is 10.1. The van der Waals surface area contributed by atoms with Gasteiger partial charge < -0.3 is 15.2 Å². The van der Waals surface area contributed by atoms with E-state index in [1.54, 1.807) is 7.11 Å². The summed E-state index contributed by atoms with van der Waals surface area (Å²) in [5, 5.41) is 0. The molecule has 0 saturated heterocycles. The third-order valence-electron chi connectivity index (χ3n) is 3.13. The molecule has 21 heavy (non-hydrogen) atoms. The van der Waals surface area contributed by atoms with E-state index in [9.17, 15) is 4.79 Å². The smallest absolute Gasteiger partial charge is 0.306 e. The molecular weight excluding hydrogens is 266 g/mol. The second-order valence-corrected chi connectivity index (χ2v) is 4.75. The van der Waals surface area contributed by atoms with Gasteiger partial charge in [0.05, 0.1) is 7.11 Å². The number of benzene rings is 2. The molecule has 0 aliphatic rings. The Hall–Kier alpha value is -2.49. The van der Waals surface area contributed by atoms with E-state index in [2.05, 4.69) is 0 Å². The number of carbonyl (C=O) groups is 1. The first-order valence-electron chi connectivity index (χ1n) is 6.80. The van der Waals surface area contributed by atoms with Crippen molar-refractivity contribution in [2.75, 3.05) is 12.8 Å². The van der Waals surface area contributed by atoms with Crippen molar-refractivity contribution in [2.45, 2.75) is 19.4 Å². The molecule has 0 aliphatic carbocycles. The van der Waals surface area contributed by atoms with Gasteiger partial charge in [-0.05, 0) is 41.8 Å². The van der Waals surface area contributed by atoms with Gasteiger partial charge in [0, 0.05) is 12.1 Å². The van der Waals surface area contributed by atoms with Crippen LogP contribution in [0.3, 0.4) is 0 Å². The van der Waals surface area contributed by atoms with Crippen LogP contribution in [0.2, 0.25) is 0 Å². The molecule has 0 aromatic heterocycles. The van der Waals surface area contributed by atoms with Gasteiger partial charge in [-0.2, -0.15) is 0 Å². The summed E-state index contributed by atoms with van der Waals surface area (Å²) in [4.78, 5) is 11.7. The van der Waals surface area contributed by atoms with Crippen LogP contribution in [-0.2, 0) is 22.6 Å². The Balaban J connectivity index is 1.78. The second-order valence-electron chi connectivity index (χ2n) is 4.75. The van der Waals surface area contributed by atoms with Crippen LogP contribution in [0.1, 0.15) is 17.5 Å². The summed E-state index contributed by atoms with van der Waals surface area (Å²) in [5.74, 6) is 0.542. The highest BCUT2D eigenvalue weighted by atomic mass is 16.5. The first-order chi connectivity index (χ1) is 10.2. The lowest BCUT2D eigenvalue weighted by atomic mass is 10.1. The second kappa shape index (κ2) is 7.33. The molecule has 0 radical (unpaired) electrons. The van der Waals surface area contributed by atoms with Crippen LogP contribution in [0.25, 0.3) is 0 Å². The van der Waals surface area contributed by atoms with E-state index in [1.165, 1.54) is 0 Å². The summed E-state index contributed by atoms with van der Waals surface area (Å²) in [6, 6.07) is 15.0. The number of hydrogen-bond donors (Lipinski definition) is 1. The van der Waals surface area contributed by atoms with Gasteiger partial charge in [0.2, 0.25) is 0 Å². The maximum atomic E-state index is 11.7. The molecule has 4 nitrogen and oxygen atoms in total. The van der Waals surface area contributed by atoms with E-state index in [4.69, 9.17) is 15.2 Å². The standard InChI is InChI=1S/C17H19NO3/c1-20-16-4-2-3-14(11-16)12-21-17(19)10-7-13-5-8-15(18)9-6-13/h2-6,8-9,11H,7,10,12,18H2,1H3. The number of methoxy groups -OCH3 is 1. The van der Waals surface area contributed by atoms with Crippen LogP contribution >= 0.6 is 0 Å². The Morgan fingerprint density at radius 1 is 1.10 bits per heavy atom. The number of aryl methyl sites for hydroxylation is 1. The van der Waals surface area contributed by atoms with E-state index in [0.29, 0.717) is 12.8 Å². The first-order valence-corrected chi connectivity index (χ1v) is 6.80. The first kappa shape index (κ1) is 14.9. The highest BCUT2D eigenvalue weighted by Gasteiger charge is 2.05. The molecule has 0 aliphatic heterocycles. The number of carbonyl (C=O) groups excluding carboxylic acids is 1. The Morgan fingerprint density at radius 2 is 1.86 bits per heavy atom. The lowest BCUT2D eigenvalue weighted by Gasteiger charge is -2.07. The summed E-state index contributed by atoms with van der Waals surface area (Å²) < 4.78 is 10.4. The monoisotopic (exact) mass is 285 g/mol. The van der Waals surface area contributed by atoms with Crippen molar-refractivity contribution in [3.63, 3.8) is 0 Å². The zero-order valence-electron chi connectivity index (χ0n) is 12.0. The fraction of sp³-hybridized carbons (Fsp3) is 0.235. The fourth-order valence-electron chi connectivity index (χ4n) is 1.93. The lowest BCUT2D eigenvalue weighted by molar-refractivity contribution is -0.144. The van der Waals surface area contributed by atoms with E-state index in [1.807, 2.05) is 48.5 Å². The molecule has 0 heterocycles. The number of ether oxygens (including phenoxy) is 2. The molecule has 0 bridgehead atoms. The quantitative estimate of drug-likeness (QED) is 0.654. The number of anilines is 1. The van der Waals surface area contributed by atoms with Crippen LogP contribution in [0.15, 0.2) is 48.5 Å². The summed E-state index contributed by atoms with van der Waals surface area (Å²) in [7, 11) is 1.61. The van der Waals surface area contributed by atoms with Crippen molar-refractivity contribution in [1.29, 1.82) is 0 Å². The number of esters is 1. The molecule has 0 saturated carbocycles. The molecule has 2 aromatic carbocycles. The zero-order valence-corrected chi connectivity index (χ0v) is 12.0. The number of nitrogens with two attached hydrogens (primary N) is 1. The fourth-order valence-corrected chi connectivity index (χ4v) is 1.93. The third-order valence-corrected chi connectivity index (χ3v) is 3.13. The topological polar surface area (TPSA) is 61.5 Å². The summed E-state index contributed by atoms with van der Waals surface area (Å²) >= 11 is 0. The number of nitrogen functional groups attached to an aromatic ring is 1. The van der Waals surface area contributed by atoms with Crippen LogP contribution in [0.4, 0.5) is 5.69 Å². The molecule has 2 N–H and O–H groups in total. The van der Waals surface area contributed by atoms with Crippen molar-refractivity contribution in [1.82, 2.24) is 0 Å². The molecule has 0 amide bonds. The highest BCUT2D eigenvalue weighted by molar-refractivity contribution is 5.69. The van der Waals surface area contributed by atoms with Crippen molar-refractivity contribution in [3.8, 4) is 5.75 Å². The summed E-state index contributed by atoms with van der Waals surface area (Å²) in [6.07, 6.45) is 1.01. The van der Waals surface area contributed by atoms with Gasteiger partial charge >= 0.3 is 5.97 Å². The molecule has 2 rings (SSSR count). The van der Waals surface area contributed by atoms with E-state index >= 15 is 0 Å². The van der Waals surface area contributed by atoms with E-state index < -0.39 is 0 Å². The Bertz CT molecular complexity index is 593. The maximum absolute atomic E-state index is 11.7. The Kier molecular flexibility index (Phi) is 5.21. The maximum Gasteiger partial charge on any atom is 0.306 e. The summed E-state index contributed by atoms with van der Waals surface area (Å²) in [5.41, 5.74) is 8.32.